The largest absolute Gasteiger partial charge is 0.384 e. The lowest BCUT2D eigenvalue weighted by atomic mass is 9.88. The Hall–Kier alpha value is -0.410. The zero-order valence-corrected chi connectivity index (χ0v) is 9.82. The smallest absolute Gasteiger partial charge is 0.101 e. The molecule has 0 bridgehead atoms. The van der Waals surface area contributed by atoms with Gasteiger partial charge in [-0.2, -0.15) is 4.37 Å². The number of rotatable bonds is 1. The van der Waals surface area contributed by atoms with Gasteiger partial charge in [-0.3, -0.25) is 0 Å². The average Bonchev–Trinajstić information content (AvgIpc) is 2.57. The molecule has 0 radical (unpaired) electrons. The SMILES string of the molecule is Cc1cc(C2(O)CCC(C)(C)C2)sn1. The standard InChI is InChI=1S/C11H17NOS/c1-8-6-9(14-12-8)11(13)5-4-10(2,3)7-11/h6,13H,4-5,7H2,1-3H3. The van der Waals surface area contributed by atoms with Crippen molar-refractivity contribution in [2.24, 2.45) is 5.41 Å². The summed E-state index contributed by atoms with van der Waals surface area (Å²) in [6.45, 7) is 6.42. The number of aliphatic hydroxyl groups is 1. The van der Waals surface area contributed by atoms with E-state index < -0.39 is 5.60 Å². The molecule has 1 heterocycles. The van der Waals surface area contributed by atoms with Crippen molar-refractivity contribution in [3.05, 3.63) is 16.6 Å². The molecule has 1 aliphatic carbocycles. The summed E-state index contributed by atoms with van der Waals surface area (Å²) in [6, 6.07) is 2.02. The Morgan fingerprint density at radius 3 is 2.57 bits per heavy atom. The van der Waals surface area contributed by atoms with E-state index in [0.717, 1.165) is 29.8 Å². The van der Waals surface area contributed by atoms with E-state index in [9.17, 15) is 5.11 Å². The molecular formula is C11H17NOS. The maximum absolute atomic E-state index is 10.5. The van der Waals surface area contributed by atoms with Crippen molar-refractivity contribution in [3.63, 3.8) is 0 Å². The highest BCUT2D eigenvalue weighted by molar-refractivity contribution is 7.06. The Labute approximate surface area is 89.1 Å². The van der Waals surface area contributed by atoms with Crippen LogP contribution in [0.15, 0.2) is 6.07 Å². The fraction of sp³-hybridized carbons (Fsp3) is 0.727. The van der Waals surface area contributed by atoms with Crippen LogP contribution in [-0.2, 0) is 5.60 Å². The Morgan fingerprint density at radius 2 is 2.14 bits per heavy atom. The van der Waals surface area contributed by atoms with E-state index in [-0.39, 0.29) is 5.41 Å². The van der Waals surface area contributed by atoms with Gasteiger partial charge in [-0.1, -0.05) is 13.8 Å². The Morgan fingerprint density at radius 1 is 1.43 bits per heavy atom. The van der Waals surface area contributed by atoms with Crippen LogP contribution in [0.1, 0.15) is 43.7 Å². The van der Waals surface area contributed by atoms with Gasteiger partial charge in [0.1, 0.15) is 5.60 Å². The molecule has 0 saturated heterocycles. The second-order valence-electron chi connectivity index (χ2n) is 5.21. The summed E-state index contributed by atoms with van der Waals surface area (Å²) in [5.74, 6) is 0. The third-order valence-electron chi connectivity index (χ3n) is 3.07. The van der Waals surface area contributed by atoms with Crippen LogP contribution in [0.25, 0.3) is 0 Å². The quantitative estimate of drug-likeness (QED) is 0.775. The van der Waals surface area contributed by atoms with Gasteiger partial charge in [-0.25, -0.2) is 0 Å². The van der Waals surface area contributed by atoms with Crippen LogP contribution in [0.2, 0.25) is 0 Å². The highest BCUT2D eigenvalue weighted by Gasteiger charge is 2.43. The van der Waals surface area contributed by atoms with E-state index in [1.807, 2.05) is 13.0 Å². The molecule has 1 fully saturated rings. The van der Waals surface area contributed by atoms with E-state index >= 15 is 0 Å². The van der Waals surface area contributed by atoms with Crippen molar-refractivity contribution in [2.75, 3.05) is 0 Å². The summed E-state index contributed by atoms with van der Waals surface area (Å²) in [5, 5.41) is 10.5. The van der Waals surface area contributed by atoms with Crippen molar-refractivity contribution in [2.45, 2.75) is 45.6 Å². The number of nitrogens with zero attached hydrogens (tertiary/aromatic N) is 1. The molecular weight excluding hydrogens is 194 g/mol. The van der Waals surface area contributed by atoms with E-state index in [0.29, 0.717) is 0 Å². The van der Waals surface area contributed by atoms with E-state index in [1.54, 1.807) is 0 Å². The molecule has 2 nitrogen and oxygen atoms in total. The summed E-state index contributed by atoms with van der Waals surface area (Å²) in [6.07, 6.45) is 2.84. The first kappa shape index (κ1) is 10.1. The molecule has 1 atom stereocenters. The van der Waals surface area contributed by atoms with Gasteiger partial charge in [0, 0.05) is 0 Å². The van der Waals surface area contributed by atoms with Crippen LogP contribution < -0.4 is 0 Å². The second kappa shape index (κ2) is 3.04. The fourth-order valence-electron chi connectivity index (χ4n) is 2.31. The van der Waals surface area contributed by atoms with Gasteiger partial charge in [0.15, 0.2) is 0 Å². The predicted molar refractivity (Wildman–Crippen MR) is 58.4 cm³/mol. The normalized spacial score (nSPS) is 30.9. The van der Waals surface area contributed by atoms with Crippen LogP contribution in [-0.4, -0.2) is 9.48 Å². The van der Waals surface area contributed by atoms with E-state index in [1.165, 1.54) is 11.5 Å². The zero-order chi connectivity index (χ0) is 10.4. The monoisotopic (exact) mass is 211 g/mol. The molecule has 78 valence electrons. The van der Waals surface area contributed by atoms with Crippen molar-refractivity contribution in [1.82, 2.24) is 4.37 Å². The molecule has 1 aromatic heterocycles. The maximum Gasteiger partial charge on any atom is 0.101 e. The summed E-state index contributed by atoms with van der Waals surface area (Å²) >= 11 is 1.45. The minimum absolute atomic E-state index is 0.270. The first-order valence-electron chi connectivity index (χ1n) is 5.08. The van der Waals surface area contributed by atoms with Crippen LogP contribution >= 0.6 is 11.5 Å². The molecule has 14 heavy (non-hydrogen) atoms. The van der Waals surface area contributed by atoms with Gasteiger partial charge < -0.3 is 5.11 Å². The van der Waals surface area contributed by atoms with Crippen LogP contribution in [0, 0.1) is 12.3 Å². The van der Waals surface area contributed by atoms with Gasteiger partial charge in [0.05, 0.1) is 10.6 Å². The summed E-state index contributed by atoms with van der Waals surface area (Å²) < 4.78 is 4.24. The third-order valence-corrected chi connectivity index (χ3v) is 4.15. The van der Waals surface area contributed by atoms with Crippen LogP contribution in [0.3, 0.4) is 0 Å². The van der Waals surface area contributed by atoms with Gasteiger partial charge >= 0.3 is 0 Å². The molecule has 1 aromatic rings. The van der Waals surface area contributed by atoms with Crippen molar-refractivity contribution >= 4 is 11.5 Å². The van der Waals surface area contributed by atoms with Gasteiger partial charge in [-0.05, 0) is 49.2 Å². The minimum Gasteiger partial charge on any atom is -0.384 e. The molecule has 0 amide bonds. The van der Waals surface area contributed by atoms with Crippen LogP contribution in [0.4, 0.5) is 0 Å². The minimum atomic E-state index is -0.602. The van der Waals surface area contributed by atoms with Crippen molar-refractivity contribution in [1.29, 1.82) is 0 Å². The van der Waals surface area contributed by atoms with Gasteiger partial charge in [-0.15, -0.1) is 0 Å². The topological polar surface area (TPSA) is 33.1 Å². The fourth-order valence-corrected chi connectivity index (χ4v) is 3.17. The highest BCUT2D eigenvalue weighted by Crippen LogP contribution is 2.49. The lowest BCUT2D eigenvalue weighted by molar-refractivity contribution is 0.0375. The van der Waals surface area contributed by atoms with Crippen molar-refractivity contribution in [3.8, 4) is 0 Å². The lowest BCUT2D eigenvalue weighted by Gasteiger charge is -2.23. The van der Waals surface area contributed by atoms with Crippen LogP contribution in [0.5, 0.6) is 0 Å². The third kappa shape index (κ3) is 1.71. The highest BCUT2D eigenvalue weighted by atomic mass is 32.1. The average molecular weight is 211 g/mol. The molecule has 2 rings (SSSR count). The number of hydrogen-bond acceptors (Lipinski definition) is 3. The molecule has 1 unspecified atom stereocenters. The first-order chi connectivity index (χ1) is 6.41. The lowest BCUT2D eigenvalue weighted by Crippen LogP contribution is -2.21. The molecule has 0 aliphatic heterocycles. The Balaban J connectivity index is 2.27. The summed E-state index contributed by atoms with van der Waals surface area (Å²) in [7, 11) is 0. The predicted octanol–water partition coefficient (Wildman–Crippen LogP) is 2.85. The molecule has 3 heteroatoms. The molecule has 0 aromatic carbocycles. The number of aryl methyl sites for hydroxylation is 1. The van der Waals surface area contributed by atoms with Crippen molar-refractivity contribution < 1.29 is 5.11 Å². The Kier molecular flexibility index (Phi) is 2.20. The second-order valence-corrected chi connectivity index (χ2v) is 6.01. The molecule has 1 saturated carbocycles. The molecule has 1 aliphatic rings. The number of aromatic nitrogens is 1. The zero-order valence-electron chi connectivity index (χ0n) is 9.00. The number of hydrogen-bond donors (Lipinski definition) is 1. The molecule has 1 N–H and O–H groups in total. The van der Waals surface area contributed by atoms with Gasteiger partial charge in [0.2, 0.25) is 0 Å². The summed E-state index contributed by atoms with van der Waals surface area (Å²) in [4.78, 5) is 1.04. The van der Waals surface area contributed by atoms with Gasteiger partial charge in [0.25, 0.3) is 0 Å². The molecule has 0 spiro atoms. The maximum atomic E-state index is 10.5. The van der Waals surface area contributed by atoms with E-state index in [4.69, 9.17) is 0 Å². The van der Waals surface area contributed by atoms with E-state index in [2.05, 4.69) is 18.2 Å². The Bertz CT molecular complexity index is 345. The first-order valence-corrected chi connectivity index (χ1v) is 5.85. The summed E-state index contributed by atoms with van der Waals surface area (Å²) in [5.41, 5.74) is 0.686.